The summed E-state index contributed by atoms with van der Waals surface area (Å²) in [6, 6.07) is 2.70. The minimum Gasteiger partial charge on any atom is -0.478 e. The zero-order chi connectivity index (χ0) is 15.3. The second-order valence-corrected chi connectivity index (χ2v) is 6.16. The van der Waals surface area contributed by atoms with E-state index in [1.807, 2.05) is 0 Å². The molecular formula is C12H16FNO5S. The molecule has 0 fully saturated rings. The lowest BCUT2D eigenvalue weighted by Gasteiger charge is -2.17. The van der Waals surface area contributed by atoms with Crippen LogP contribution in [0.2, 0.25) is 0 Å². The van der Waals surface area contributed by atoms with Gasteiger partial charge in [0.05, 0.1) is 10.5 Å². The van der Waals surface area contributed by atoms with E-state index in [1.165, 1.54) is 14.2 Å². The number of halogens is 1. The number of aromatic carboxylic acids is 1. The van der Waals surface area contributed by atoms with E-state index >= 15 is 0 Å². The maximum absolute atomic E-state index is 13.3. The van der Waals surface area contributed by atoms with E-state index in [1.54, 1.807) is 0 Å². The number of nitrogens with zero attached hydrogens (tertiary/aromatic N) is 1. The first-order chi connectivity index (χ1) is 9.30. The third-order valence-electron chi connectivity index (χ3n) is 2.70. The van der Waals surface area contributed by atoms with E-state index in [0.29, 0.717) is 13.0 Å². The standard InChI is InChI=1S/C12H16FNO5S/c1-14(6-3-7-19-2)20(17,18)9-4-5-11(13)10(8-9)12(15)16/h4-5,8H,3,6-7H2,1-2H3,(H,15,16). The van der Waals surface area contributed by atoms with Crippen molar-refractivity contribution in [1.29, 1.82) is 0 Å². The van der Waals surface area contributed by atoms with Crippen LogP contribution in [-0.4, -0.2) is 51.1 Å². The Labute approximate surface area is 116 Å². The van der Waals surface area contributed by atoms with Crippen LogP contribution in [0.3, 0.4) is 0 Å². The van der Waals surface area contributed by atoms with Crippen molar-refractivity contribution in [2.45, 2.75) is 11.3 Å². The van der Waals surface area contributed by atoms with E-state index in [9.17, 15) is 17.6 Å². The van der Waals surface area contributed by atoms with Crippen molar-refractivity contribution in [3.8, 4) is 0 Å². The molecule has 0 aromatic heterocycles. The van der Waals surface area contributed by atoms with Gasteiger partial charge in [-0.1, -0.05) is 0 Å². The molecule has 0 saturated carbocycles. The Morgan fingerprint density at radius 3 is 2.65 bits per heavy atom. The highest BCUT2D eigenvalue weighted by atomic mass is 32.2. The molecule has 0 radical (unpaired) electrons. The van der Waals surface area contributed by atoms with Crippen LogP contribution in [0.5, 0.6) is 0 Å². The molecule has 6 nitrogen and oxygen atoms in total. The van der Waals surface area contributed by atoms with Crippen LogP contribution in [-0.2, 0) is 14.8 Å². The first-order valence-electron chi connectivity index (χ1n) is 5.79. The number of sulfonamides is 1. The van der Waals surface area contributed by atoms with Gasteiger partial charge in [-0.2, -0.15) is 0 Å². The molecule has 0 bridgehead atoms. The molecule has 0 heterocycles. The fourth-order valence-electron chi connectivity index (χ4n) is 1.56. The fraction of sp³-hybridized carbons (Fsp3) is 0.417. The van der Waals surface area contributed by atoms with E-state index < -0.39 is 27.4 Å². The van der Waals surface area contributed by atoms with Gasteiger partial charge in [0, 0.05) is 27.3 Å². The fourth-order valence-corrected chi connectivity index (χ4v) is 2.80. The van der Waals surface area contributed by atoms with Gasteiger partial charge >= 0.3 is 5.97 Å². The lowest BCUT2D eigenvalue weighted by molar-refractivity contribution is 0.0691. The summed E-state index contributed by atoms with van der Waals surface area (Å²) in [6.07, 6.45) is 0.499. The van der Waals surface area contributed by atoms with Crippen molar-refractivity contribution >= 4 is 16.0 Å². The smallest absolute Gasteiger partial charge is 0.338 e. The number of carboxylic acid groups (broad SMARTS) is 1. The first-order valence-corrected chi connectivity index (χ1v) is 7.23. The topological polar surface area (TPSA) is 83.9 Å². The summed E-state index contributed by atoms with van der Waals surface area (Å²) in [5.41, 5.74) is -0.670. The van der Waals surface area contributed by atoms with E-state index in [4.69, 9.17) is 9.84 Å². The number of hydrogen-bond acceptors (Lipinski definition) is 4. The van der Waals surface area contributed by atoms with Crippen LogP contribution in [0.4, 0.5) is 4.39 Å². The van der Waals surface area contributed by atoms with Gasteiger partial charge in [0.25, 0.3) is 0 Å². The predicted molar refractivity (Wildman–Crippen MR) is 69.7 cm³/mol. The number of rotatable bonds is 7. The largest absolute Gasteiger partial charge is 0.478 e. The average Bonchev–Trinajstić information content (AvgIpc) is 2.38. The number of benzene rings is 1. The Balaban J connectivity index is 3.03. The van der Waals surface area contributed by atoms with Crippen molar-refractivity contribution < 1.29 is 27.4 Å². The number of hydrogen-bond donors (Lipinski definition) is 1. The predicted octanol–water partition coefficient (Wildman–Crippen LogP) is 1.18. The maximum Gasteiger partial charge on any atom is 0.338 e. The van der Waals surface area contributed by atoms with Crippen molar-refractivity contribution in [1.82, 2.24) is 4.31 Å². The van der Waals surface area contributed by atoms with Crippen LogP contribution in [0.1, 0.15) is 16.8 Å². The van der Waals surface area contributed by atoms with Crippen LogP contribution in [0, 0.1) is 5.82 Å². The molecule has 0 aliphatic heterocycles. The normalized spacial score (nSPS) is 11.8. The molecular weight excluding hydrogens is 289 g/mol. The minimum absolute atomic E-state index is 0.218. The first kappa shape index (κ1) is 16.5. The van der Waals surface area contributed by atoms with Crippen LogP contribution in [0.25, 0.3) is 0 Å². The SMILES string of the molecule is COCCCN(C)S(=O)(=O)c1ccc(F)c(C(=O)O)c1. The molecule has 20 heavy (non-hydrogen) atoms. The van der Waals surface area contributed by atoms with E-state index in [-0.39, 0.29) is 11.4 Å². The summed E-state index contributed by atoms with van der Waals surface area (Å²) in [4.78, 5) is 10.6. The molecule has 0 amide bonds. The molecule has 8 heteroatoms. The quantitative estimate of drug-likeness (QED) is 0.765. The molecule has 0 saturated heterocycles. The Kier molecular flexibility index (Phi) is 5.61. The van der Waals surface area contributed by atoms with Crippen molar-refractivity contribution in [2.75, 3.05) is 27.3 Å². The van der Waals surface area contributed by atoms with Gasteiger partial charge in [-0.15, -0.1) is 0 Å². The summed E-state index contributed by atoms with van der Waals surface area (Å²) >= 11 is 0. The summed E-state index contributed by atoms with van der Waals surface area (Å²) in [6.45, 7) is 0.625. The summed E-state index contributed by atoms with van der Waals surface area (Å²) in [5.74, 6) is -2.49. The van der Waals surface area contributed by atoms with Gasteiger partial charge in [-0.05, 0) is 24.6 Å². The average molecular weight is 305 g/mol. The lowest BCUT2D eigenvalue weighted by Crippen LogP contribution is -2.28. The Bertz CT molecular complexity index is 588. The number of methoxy groups -OCH3 is 1. The third-order valence-corrected chi connectivity index (χ3v) is 4.55. The Hall–Kier alpha value is -1.51. The van der Waals surface area contributed by atoms with E-state index in [2.05, 4.69) is 0 Å². The highest BCUT2D eigenvalue weighted by Gasteiger charge is 2.23. The van der Waals surface area contributed by atoms with Gasteiger partial charge in [0.2, 0.25) is 10.0 Å². The van der Waals surface area contributed by atoms with Crippen molar-refractivity contribution in [2.24, 2.45) is 0 Å². The zero-order valence-corrected chi connectivity index (χ0v) is 12.0. The molecule has 1 rings (SSSR count). The van der Waals surface area contributed by atoms with Gasteiger partial charge < -0.3 is 9.84 Å². The molecule has 0 aliphatic carbocycles. The van der Waals surface area contributed by atoms with Crippen LogP contribution >= 0.6 is 0 Å². The van der Waals surface area contributed by atoms with Gasteiger partial charge in [-0.25, -0.2) is 21.9 Å². The summed E-state index contributed by atoms with van der Waals surface area (Å²) in [7, 11) is -0.967. The van der Waals surface area contributed by atoms with Gasteiger partial charge in [-0.3, -0.25) is 0 Å². The monoisotopic (exact) mass is 305 g/mol. The van der Waals surface area contributed by atoms with Crippen LogP contribution < -0.4 is 0 Å². The molecule has 0 unspecified atom stereocenters. The Morgan fingerprint density at radius 1 is 1.45 bits per heavy atom. The zero-order valence-electron chi connectivity index (χ0n) is 11.2. The molecule has 0 atom stereocenters. The third kappa shape index (κ3) is 3.75. The van der Waals surface area contributed by atoms with Crippen molar-refractivity contribution in [3.63, 3.8) is 0 Å². The highest BCUT2D eigenvalue weighted by Crippen LogP contribution is 2.18. The highest BCUT2D eigenvalue weighted by molar-refractivity contribution is 7.89. The maximum atomic E-state index is 13.3. The number of ether oxygens (including phenoxy) is 1. The molecule has 1 aromatic carbocycles. The number of carbonyl (C=O) groups is 1. The lowest BCUT2D eigenvalue weighted by atomic mass is 10.2. The summed E-state index contributed by atoms with van der Waals surface area (Å²) in [5, 5.41) is 8.80. The second kappa shape index (κ2) is 6.78. The molecule has 0 aliphatic rings. The number of carboxylic acids is 1. The van der Waals surface area contributed by atoms with Gasteiger partial charge in [0.1, 0.15) is 5.82 Å². The molecule has 1 aromatic rings. The minimum atomic E-state index is -3.84. The Morgan fingerprint density at radius 2 is 2.10 bits per heavy atom. The van der Waals surface area contributed by atoms with E-state index in [0.717, 1.165) is 22.5 Å². The second-order valence-electron chi connectivity index (χ2n) is 4.12. The molecule has 0 spiro atoms. The van der Waals surface area contributed by atoms with Crippen LogP contribution in [0.15, 0.2) is 23.1 Å². The molecule has 1 N–H and O–H groups in total. The van der Waals surface area contributed by atoms with Gasteiger partial charge in [0.15, 0.2) is 0 Å². The van der Waals surface area contributed by atoms with Crippen molar-refractivity contribution in [3.05, 3.63) is 29.6 Å². The summed E-state index contributed by atoms with van der Waals surface area (Å²) < 4.78 is 43.5. The molecule has 112 valence electrons.